The molecule has 1 N–H and O–H groups in total. The van der Waals surface area contributed by atoms with Crippen molar-refractivity contribution >= 4 is 7.85 Å². The van der Waals surface area contributed by atoms with Crippen LogP contribution < -0.4 is 0 Å². The van der Waals surface area contributed by atoms with E-state index in [0.29, 0.717) is 0 Å². The van der Waals surface area contributed by atoms with E-state index in [1.807, 2.05) is 27.7 Å². The highest BCUT2D eigenvalue weighted by atomic mass is 16.3. The zero-order valence-electron chi connectivity index (χ0n) is 8.31. The summed E-state index contributed by atoms with van der Waals surface area (Å²) in [6.45, 7) is 7.95. The standard InChI is InChI=1S/C9H19BO/c1-8(2,5-6-10)7-9(3,4)11/h5-6,11H,7,10H2,1-4H3/b6-5+. The van der Waals surface area contributed by atoms with Gasteiger partial charge in [-0.05, 0) is 25.7 Å². The first-order valence-electron chi connectivity index (χ1n) is 4.13. The average Bonchev–Trinajstić information content (AvgIpc) is 1.55. The summed E-state index contributed by atoms with van der Waals surface area (Å²) in [5, 5.41) is 9.55. The third-order valence-electron chi connectivity index (χ3n) is 1.51. The molecule has 0 saturated heterocycles. The van der Waals surface area contributed by atoms with Crippen molar-refractivity contribution in [1.29, 1.82) is 0 Å². The molecule has 0 bridgehead atoms. The summed E-state index contributed by atoms with van der Waals surface area (Å²) in [7, 11) is 2.01. The minimum atomic E-state index is -0.566. The first-order chi connectivity index (χ1) is 4.77. The summed E-state index contributed by atoms with van der Waals surface area (Å²) in [5.41, 5.74) is -0.462. The quantitative estimate of drug-likeness (QED) is 0.608. The third kappa shape index (κ3) is 6.17. The Kier molecular flexibility index (Phi) is 3.37. The summed E-state index contributed by atoms with van der Waals surface area (Å²) in [6, 6.07) is 0. The van der Waals surface area contributed by atoms with Gasteiger partial charge in [-0.25, -0.2) is 0 Å². The molecule has 1 nitrogen and oxygen atoms in total. The lowest BCUT2D eigenvalue weighted by Crippen LogP contribution is -2.26. The van der Waals surface area contributed by atoms with Crippen molar-refractivity contribution in [3.63, 3.8) is 0 Å². The van der Waals surface area contributed by atoms with Gasteiger partial charge >= 0.3 is 0 Å². The molecule has 0 saturated carbocycles. The number of allylic oxidation sites excluding steroid dienone is 1. The molecule has 0 unspecified atom stereocenters. The zero-order valence-corrected chi connectivity index (χ0v) is 8.31. The van der Waals surface area contributed by atoms with Crippen LogP contribution in [-0.4, -0.2) is 18.6 Å². The molecule has 0 aliphatic heterocycles. The maximum Gasteiger partial charge on any atom is 0.129 e. The molecule has 2 heteroatoms. The van der Waals surface area contributed by atoms with E-state index in [-0.39, 0.29) is 5.41 Å². The number of hydrogen-bond donors (Lipinski definition) is 1. The molecule has 0 heterocycles. The predicted molar refractivity (Wildman–Crippen MR) is 52.4 cm³/mol. The molecule has 0 spiro atoms. The van der Waals surface area contributed by atoms with Gasteiger partial charge in [-0.2, -0.15) is 0 Å². The number of rotatable bonds is 3. The van der Waals surface area contributed by atoms with Gasteiger partial charge in [0.1, 0.15) is 7.85 Å². The summed E-state index contributed by atoms with van der Waals surface area (Å²) in [5.74, 6) is 2.03. The number of aliphatic hydroxyl groups is 1. The maximum atomic E-state index is 9.55. The highest BCUT2D eigenvalue weighted by Gasteiger charge is 2.23. The van der Waals surface area contributed by atoms with Crippen LogP contribution in [0.5, 0.6) is 0 Å². The summed E-state index contributed by atoms with van der Waals surface area (Å²) in [4.78, 5) is 0. The molecule has 0 aromatic rings. The van der Waals surface area contributed by atoms with E-state index in [0.717, 1.165) is 6.42 Å². The van der Waals surface area contributed by atoms with Crippen molar-refractivity contribution in [3.05, 3.63) is 12.1 Å². The van der Waals surface area contributed by atoms with E-state index < -0.39 is 5.60 Å². The van der Waals surface area contributed by atoms with Gasteiger partial charge in [0.25, 0.3) is 0 Å². The Morgan fingerprint density at radius 2 is 1.73 bits per heavy atom. The van der Waals surface area contributed by atoms with E-state index in [4.69, 9.17) is 0 Å². The molecule has 0 rings (SSSR count). The molecule has 0 aromatic carbocycles. The topological polar surface area (TPSA) is 20.2 Å². The Balaban J connectivity index is 4.13. The lowest BCUT2D eigenvalue weighted by Gasteiger charge is -2.28. The second kappa shape index (κ2) is 3.44. The highest BCUT2D eigenvalue weighted by molar-refractivity contribution is 6.17. The molecule has 0 aromatic heterocycles. The van der Waals surface area contributed by atoms with Crippen LogP contribution in [0.1, 0.15) is 34.1 Å². The van der Waals surface area contributed by atoms with Gasteiger partial charge in [-0.1, -0.05) is 19.9 Å². The second-order valence-electron chi connectivity index (χ2n) is 4.48. The van der Waals surface area contributed by atoms with Gasteiger partial charge in [-0.3, -0.25) is 0 Å². The molecule has 0 aliphatic rings. The van der Waals surface area contributed by atoms with Crippen LogP contribution in [0, 0.1) is 5.41 Å². The number of hydrogen-bond acceptors (Lipinski definition) is 1. The van der Waals surface area contributed by atoms with Crippen LogP contribution >= 0.6 is 0 Å². The van der Waals surface area contributed by atoms with Crippen LogP contribution in [0.15, 0.2) is 12.1 Å². The molecule has 0 amide bonds. The van der Waals surface area contributed by atoms with Gasteiger partial charge in [0, 0.05) is 0 Å². The summed E-state index contributed by atoms with van der Waals surface area (Å²) in [6.07, 6.45) is 2.93. The van der Waals surface area contributed by atoms with Crippen molar-refractivity contribution in [2.45, 2.75) is 39.7 Å². The SMILES string of the molecule is B/C=C/C(C)(C)CC(C)(C)O. The second-order valence-corrected chi connectivity index (χ2v) is 4.48. The first kappa shape index (κ1) is 10.8. The smallest absolute Gasteiger partial charge is 0.129 e. The predicted octanol–water partition coefficient (Wildman–Crippen LogP) is 1.32. The Labute approximate surface area is 70.9 Å². The average molecular weight is 154 g/mol. The van der Waals surface area contributed by atoms with E-state index in [9.17, 15) is 5.11 Å². The Morgan fingerprint density at radius 1 is 1.27 bits per heavy atom. The molecule has 11 heavy (non-hydrogen) atoms. The van der Waals surface area contributed by atoms with Crippen LogP contribution in [0.3, 0.4) is 0 Å². The van der Waals surface area contributed by atoms with Crippen LogP contribution in [0.25, 0.3) is 0 Å². The zero-order chi connectivity index (χ0) is 9.12. The van der Waals surface area contributed by atoms with Gasteiger partial charge in [0.05, 0.1) is 5.60 Å². The van der Waals surface area contributed by atoms with Crippen LogP contribution in [-0.2, 0) is 0 Å². The molecular weight excluding hydrogens is 135 g/mol. The molecule has 0 radical (unpaired) electrons. The Hall–Kier alpha value is -0.235. The minimum absolute atomic E-state index is 0.104. The van der Waals surface area contributed by atoms with Crippen LogP contribution in [0.2, 0.25) is 0 Å². The Morgan fingerprint density at radius 3 is 2.00 bits per heavy atom. The van der Waals surface area contributed by atoms with E-state index in [1.54, 1.807) is 0 Å². The first-order valence-corrected chi connectivity index (χ1v) is 4.13. The lowest BCUT2D eigenvalue weighted by molar-refractivity contribution is 0.0439. The molecular formula is C9H19BO. The molecule has 0 aliphatic carbocycles. The van der Waals surface area contributed by atoms with E-state index >= 15 is 0 Å². The molecule has 64 valence electrons. The monoisotopic (exact) mass is 154 g/mol. The van der Waals surface area contributed by atoms with E-state index in [1.165, 1.54) is 0 Å². The fourth-order valence-electron chi connectivity index (χ4n) is 1.63. The molecule has 0 atom stereocenters. The fraction of sp³-hybridized carbons (Fsp3) is 0.778. The van der Waals surface area contributed by atoms with Crippen molar-refractivity contribution in [2.75, 3.05) is 0 Å². The van der Waals surface area contributed by atoms with Crippen molar-refractivity contribution < 1.29 is 5.11 Å². The summed E-state index contributed by atoms with van der Waals surface area (Å²) >= 11 is 0. The minimum Gasteiger partial charge on any atom is -0.390 e. The lowest BCUT2D eigenvalue weighted by atomic mass is 9.80. The highest BCUT2D eigenvalue weighted by Crippen LogP contribution is 2.28. The van der Waals surface area contributed by atoms with Gasteiger partial charge in [0.2, 0.25) is 0 Å². The largest absolute Gasteiger partial charge is 0.390 e. The van der Waals surface area contributed by atoms with Crippen molar-refractivity contribution in [1.82, 2.24) is 0 Å². The van der Waals surface area contributed by atoms with Gasteiger partial charge in [0.15, 0.2) is 0 Å². The summed E-state index contributed by atoms with van der Waals surface area (Å²) < 4.78 is 0. The van der Waals surface area contributed by atoms with E-state index in [2.05, 4.69) is 19.9 Å². The van der Waals surface area contributed by atoms with Crippen molar-refractivity contribution in [3.8, 4) is 0 Å². The fourth-order valence-corrected chi connectivity index (χ4v) is 1.63. The van der Waals surface area contributed by atoms with Crippen LogP contribution in [0.4, 0.5) is 0 Å². The third-order valence-corrected chi connectivity index (χ3v) is 1.51. The van der Waals surface area contributed by atoms with Gasteiger partial charge in [-0.15, -0.1) is 5.98 Å². The maximum absolute atomic E-state index is 9.55. The normalized spacial score (nSPS) is 14.3. The van der Waals surface area contributed by atoms with Gasteiger partial charge < -0.3 is 5.11 Å². The van der Waals surface area contributed by atoms with Crippen molar-refractivity contribution in [2.24, 2.45) is 5.41 Å². The Bertz CT molecular complexity index is 142. The molecule has 0 fully saturated rings.